The molecule has 0 amide bonds. The number of aliphatic carboxylic acids is 1. The fourth-order valence-electron chi connectivity index (χ4n) is 1.33. The molecular weight excluding hydrogens is 184 g/mol. The van der Waals surface area contributed by atoms with Crippen LogP contribution in [0.15, 0.2) is 0 Å². The van der Waals surface area contributed by atoms with Gasteiger partial charge < -0.3 is 15.9 Å². The van der Waals surface area contributed by atoms with Crippen LogP contribution in [-0.4, -0.2) is 53.9 Å². The first-order valence-electron chi connectivity index (χ1n) is 4.87. The highest BCUT2D eigenvalue weighted by Crippen LogP contribution is 2.06. The average Bonchev–Trinajstić information content (AvgIpc) is 2.12. The molecule has 0 fully saturated rings. The van der Waals surface area contributed by atoms with E-state index in [1.165, 1.54) is 0 Å². The molecule has 14 heavy (non-hydrogen) atoms. The minimum atomic E-state index is -0.835. The highest BCUT2D eigenvalue weighted by molar-refractivity contribution is 5.73. The van der Waals surface area contributed by atoms with Crippen LogP contribution >= 0.6 is 0 Å². The minimum Gasteiger partial charge on any atom is -0.480 e. The van der Waals surface area contributed by atoms with Crippen LogP contribution in [-0.2, 0) is 4.79 Å². The summed E-state index contributed by atoms with van der Waals surface area (Å²) in [6.45, 7) is 0.965. The van der Waals surface area contributed by atoms with E-state index in [0.29, 0.717) is 19.5 Å². The number of nitrogens with two attached hydrogens (primary N) is 1. The molecule has 0 aliphatic heterocycles. The molecule has 5 heteroatoms. The van der Waals surface area contributed by atoms with E-state index in [2.05, 4.69) is 0 Å². The topological polar surface area (TPSA) is 86.8 Å². The predicted octanol–water partition coefficient (Wildman–Crippen LogP) is -0.507. The Balaban J connectivity index is 3.94. The largest absolute Gasteiger partial charge is 0.480 e. The number of nitrogens with zero attached hydrogens (tertiary/aromatic N) is 1. The lowest BCUT2D eigenvalue weighted by molar-refractivity contribution is -0.143. The standard InChI is InChI=1S/C9H20N2O3/c1-11(6-7-12)8(9(13)14)4-2-3-5-10/h8,12H,2-7,10H2,1H3,(H,13,14). The molecule has 1 atom stereocenters. The van der Waals surface area contributed by atoms with Crippen molar-refractivity contribution in [2.45, 2.75) is 25.3 Å². The molecule has 0 aliphatic rings. The summed E-state index contributed by atoms with van der Waals surface area (Å²) in [6, 6.07) is -0.506. The Labute approximate surface area is 84.5 Å². The molecule has 0 aliphatic carbocycles. The summed E-state index contributed by atoms with van der Waals surface area (Å²) in [5.41, 5.74) is 5.32. The smallest absolute Gasteiger partial charge is 0.320 e. The summed E-state index contributed by atoms with van der Waals surface area (Å²) in [4.78, 5) is 12.5. The Hall–Kier alpha value is -0.650. The number of aliphatic hydroxyl groups excluding tert-OH is 1. The van der Waals surface area contributed by atoms with E-state index < -0.39 is 12.0 Å². The van der Waals surface area contributed by atoms with Crippen molar-refractivity contribution in [3.63, 3.8) is 0 Å². The molecule has 4 N–H and O–H groups in total. The van der Waals surface area contributed by atoms with Gasteiger partial charge >= 0.3 is 5.97 Å². The third-order valence-corrected chi connectivity index (χ3v) is 2.20. The summed E-state index contributed by atoms with van der Waals surface area (Å²) in [7, 11) is 1.71. The van der Waals surface area contributed by atoms with Crippen molar-refractivity contribution in [3.05, 3.63) is 0 Å². The maximum Gasteiger partial charge on any atom is 0.320 e. The summed E-state index contributed by atoms with van der Waals surface area (Å²) < 4.78 is 0. The zero-order valence-electron chi connectivity index (χ0n) is 8.65. The molecule has 1 unspecified atom stereocenters. The molecule has 5 nitrogen and oxygen atoms in total. The third-order valence-electron chi connectivity index (χ3n) is 2.20. The second-order valence-electron chi connectivity index (χ2n) is 3.34. The van der Waals surface area contributed by atoms with Gasteiger partial charge in [-0.15, -0.1) is 0 Å². The molecule has 0 saturated heterocycles. The molecule has 0 saturated carbocycles. The Morgan fingerprint density at radius 3 is 2.57 bits per heavy atom. The third kappa shape index (κ3) is 5.16. The van der Waals surface area contributed by atoms with Crippen molar-refractivity contribution in [2.75, 3.05) is 26.7 Å². The number of likely N-dealkylation sites (N-methyl/N-ethyl adjacent to an activating group) is 1. The fraction of sp³-hybridized carbons (Fsp3) is 0.889. The maximum absolute atomic E-state index is 10.9. The van der Waals surface area contributed by atoms with Crippen molar-refractivity contribution >= 4 is 5.97 Å². The van der Waals surface area contributed by atoms with Gasteiger partial charge in [0.15, 0.2) is 0 Å². The van der Waals surface area contributed by atoms with Gasteiger partial charge in [-0.25, -0.2) is 0 Å². The van der Waals surface area contributed by atoms with Crippen LogP contribution < -0.4 is 5.73 Å². The first kappa shape index (κ1) is 13.4. The van der Waals surface area contributed by atoms with Gasteiger partial charge in [0.2, 0.25) is 0 Å². The Morgan fingerprint density at radius 1 is 1.50 bits per heavy atom. The van der Waals surface area contributed by atoms with Crippen LogP contribution in [0.25, 0.3) is 0 Å². The highest BCUT2D eigenvalue weighted by atomic mass is 16.4. The lowest BCUT2D eigenvalue weighted by Gasteiger charge is -2.23. The lowest BCUT2D eigenvalue weighted by atomic mass is 10.1. The van der Waals surface area contributed by atoms with E-state index in [1.54, 1.807) is 11.9 Å². The van der Waals surface area contributed by atoms with Crippen LogP contribution in [0.1, 0.15) is 19.3 Å². The van der Waals surface area contributed by atoms with E-state index >= 15 is 0 Å². The molecule has 84 valence electrons. The van der Waals surface area contributed by atoms with Gasteiger partial charge in [-0.3, -0.25) is 9.69 Å². The summed E-state index contributed by atoms with van der Waals surface area (Å²) in [5, 5.41) is 17.6. The molecule has 0 radical (unpaired) electrons. The van der Waals surface area contributed by atoms with E-state index in [1.807, 2.05) is 0 Å². The summed E-state index contributed by atoms with van der Waals surface area (Å²) in [5.74, 6) is -0.835. The number of carboxylic acid groups (broad SMARTS) is 1. The normalized spacial score (nSPS) is 13.1. The van der Waals surface area contributed by atoms with Gasteiger partial charge in [0.25, 0.3) is 0 Å². The second-order valence-corrected chi connectivity index (χ2v) is 3.34. The Morgan fingerprint density at radius 2 is 2.14 bits per heavy atom. The number of unbranched alkanes of at least 4 members (excludes halogenated alkanes) is 1. The zero-order valence-corrected chi connectivity index (χ0v) is 8.65. The van der Waals surface area contributed by atoms with Gasteiger partial charge in [0.05, 0.1) is 6.61 Å². The van der Waals surface area contributed by atoms with Crippen LogP contribution in [0.2, 0.25) is 0 Å². The molecule has 0 spiro atoms. The summed E-state index contributed by atoms with van der Waals surface area (Å²) >= 11 is 0. The first-order chi connectivity index (χ1) is 6.63. The number of hydrogen-bond donors (Lipinski definition) is 3. The quantitative estimate of drug-likeness (QED) is 0.464. The number of carbonyl (C=O) groups is 1. The monoisotopic (exact) mass is 204 g/mol. The van der Waals surface area contributed by atoms with Crippen LogP contribution in [0.3, 0.4) is 0 Å². The van der Waals surface area contributed by atoms with E-state index in [4.69, 9.17) is 15.9 Å². The molecule has 0 rings (SSSR count). The van der Waals surface area contributed by atoms with Gasteiger partial charge in [-0.1, -0.05) is 6.42 Å². The molecule has 0 aromatic rings. The second kappa shape index (κ2) is 7.73. The van der Waals surface area contributed by atoms with Gasteiger partial charge in [0, 0.05) is 6.54 Å². The van der Waals surface area contributed by atoms with Crippen molar-refractivity contribution in [1.82, 2.24) is 4.90 Å². The van der Waals surface area contributed by atoms with Gasteiger partial charge in [0.1, 0.15) is 6.04 Å². The Bertz CT molecular complexity index is 164. The van der Waals surface area contributed by atoms with E-state index in [9.17, 15) is 4.79 Å². The van der Waals surface area contributed by atoms with Crippen LogP contribution in [0.5, 0.6) is 0 Å². The average molecular weight is 204 g/mol. The molecule has 0 heterocycles. The molecular formula is C9H20N2O3. The summed E-state index contributed by atoms with van der Waals surface area (Å²) in [6.07, 6.45) is 2.24. The van der Waals surface area contributed by atoms with Crippen molar-refractivity contribution in [3.8, 4) is 0 Å². The molecule has 0 aromatic heterocycles. The Kier molecular flexibility index (Phi) is 7.37. The van der Waals surface area contributed by atoms with Crippen molar-refractivity contribution in [1.29, 1.82) is 0 Å². The zero-order chi connectivity index (χ0) is 11.0. The van der Waals surface area contributed by atoms with Crippen LogP contribution in [0, 0.1) is 0 Å². The lowest BCUT2D eigenvalue weighted by Crippen LogP contribution is -2.40. The van der Waals surface area contributed by atoms with Gasteiger partial charge in [-0.2, -0.15) is 0 Å². The number of hydrogen-bond acceptors (Lipinski definition) is 4. The van der Waals surface area contributed by atoms with Crippen LogP contribution in [0.4, 0.5) is 0 Å². The van der Waals surface area contributed by atoms with Crippen molar-refractivity contribution < 1.29 is 15.0 Å². The molecule has 0 bridgehead atoms. The number of carboxylic acids is 1. The first-order valence-corrected chi connectivity index (χ1v) is 4.87. The van der Waals surface area contributed by atoms with Gasteiger partial charge in [-0.05, 0) is 26.4 Å². The molecule has 0 aromatic carbocycles. The SMILES string of the molecule is CN(CCO)C(CCCCN)C(=O)O. The van der Waals surface area contributed by atoms with E-state index in [0.717, 1.165) is 12.8 Å². The highest BCUT2D eigenvalue weighted by Gasteiger charge is 2.21. The van der Waals surface area contributed by atoms with E-state index in [-0.39, 0.29) is 6.61 Å². The number of rotatable bonds is 8. The number of aliphatic hydroxyl groups is 1. The minimum absolute atomic E-state index is 0.0167. The maximum atomic E-state index is 10.9. The van der Waals surface area contributed by atoms with Crippen molar-refractivity contribution in [2.24, 2.45) is 5.73 Å². The predicted molar refractivity (Wildman–Crippen MR) is 54.0 cm³/mol. The fourth-order valence-corrected chi connectivity index (χ4v) is 1.33.